The lowest BCUT2D eigenvalue weighted by atomic mass is 9.97. The molecule has 3 aromatic rings. The molecule has 2 heterocycles. The lowest BCUT2D eigenvalue weighted by Crippen LogP contribution is -2.49. The first-order valence-corrected chi connectivity index (χ1v) is 10.3. The summed E-state index contributed by atoms with van der Waals surface area (Å²) in [6.07, 6.45) is 3.57. The van der Waals surface area contributed by atoms with Crippen LogP contribution in [0.3, 0.4) is 0 Å². The van der Waals surface area contributed by atoms with Crippen LogP contribution < -0.4 is 5.32 Å². The molecule has 1 aromatic heterocycles. The summed E-state index contributed by atoms with van der Waals surface area (Å²) in [5.74, 6) is -0.203. The van der Waals surface area contributed by atoms with Crippen LogP contribution in [0.15, 0.2) is 67.0 Å². The number of piperazine rings is 1. The third-order valence-corrected chi connectivity index (χ3v) is 5.68. The quantitative estimate of drug-likeness (QED) is 0.712. The Hall–Kier alpha value is -3.25. The first kappa shape index (κ1) is 20.0. The molecule has 0 saturated carbocycles. The highest BCUT2D eigenvalue weighted by Gasteiger charge is 2.26. The van der Waals surface area contributed by atoms with E-state index < -0.39 is 0 Å². The lowest BCUT2D eigenvalue weighted by molar-refractivity contribution is -0.130. The third-order valence-electron chi connectivity index (χ3n) is 5.68. The van der Waals surface area contributed by atoms with Gasteiger partial charge in [-0.3, -0.25) is 19.5 Å². The van der Waals surface area contributed by atoms with Crippen LogP contribution in [0, 0.1) is 0 Å². The van der Waals surface area contributed by atoms with Crippen molar-refractivity contribution >= 4 is 28.3 Å². The Labute approximate surface area is 176 Å². The standard InChI is InChI=1S/C24H26N4O2/c1-18(29)28-13-11-27(12-14-28)17-23(19-5-3-2-4-6-19)24(30)26-22-8-7-21-16-25-10-9-20(21)15-22/h2-10,15-16,23H,11-14,17H2,1H3,(H,26,30). The van der Waals surface area contributed by atoms with Crippen LogP contribution in [0.25, 0.3) is 10.8 Å². The Morgan fingerprint density at radius 3 is 2.50 bits per heavy atom. The molecule has 0 radical (unpaired) electrons. The Kier molecular flexibility index (Phi) is 6.05. The smallest absolute Gasteiger partial charge is 0.233 e. The van der Waals surface area contributed by atoms with Crippen LogP contribution in [0.1, 0.15) is 18.4 Å². The second-order valence-corrected chi connectivity index (χ2v) is 7.70. The molecule has 1 saturated heterocycles. The van der Waals surface area contributed by atoms with E-state index in [0.29, 0.717) is 19.6 Å². The summed E-state index contributed by atoms with van der Waals surface area (Å²) in [7, 11) is 0. The number of aromatic nitrogens is 1. The Morgan fingerprint density at radius 2 is 1.77 bits per heavy atom. The molecule has 0 bridgehead atoms. The number of amides is 2. The van der Waals surface area contributed by atoms with Gasteiger partial charge in [-0.25, -0.2) is 0 Å². The molecular formula is C24H26N4O2. The van der Waals surface area contributed by atoms with Gasteiger partial charge in [-0.2, -0.15) is 0 Å². The fraction of sp³-hybridized carbons (Fsp3) is 0.292. The molecule has 1 fully saturated rings. The van der Waals surface area contributed by atoms with Gasteiger partial charge in [0.25, 0.3) is 0 Å². The van der Waals surface area contributed by atoms with Crippen molar-refractivity contribution in [1.29, 1.82) is 0 Å². The second kappa shape index (κ2) is 9.05. The van der Waals surface area contributed by atoms with Crippen LogP contribution in [0.4, 0.5) is 5.69 Å². The van der Waals surface area contributed by atoms with Gasteiger partial charge < -0.3 is 10.2 Å². The molecule has 0 spiro atoms. The van der Waals surface area contributed by atoms with E-state index in [2.05, 4.69) is 15.2 Å². The summed E-state index contributed by atoms with van der Waals surface area (Å²) >= 11 is 0. The van der Waals surface area contributed by atoms with Gasteiger partial charge in [0.1, 0.15) is 0 Å². The molecule has 1 N–H and O–H groups in total. The van der Waals surface area contributed by atoms with Gasteiger partial charge in [0.15, 0.2) is 0 Å². The molecule has 1 aliphatic heterocycles. The lowest BCUT2D eigenvalue weighted by Gasteiger charge is -2.35. The molecule has 1 atom stereocenters. The van der Waals surface area contributed by atoms with Gasteiger partial charge in [0.05, 0.1) is 5.92 Å². The van der Waals surface area contributed by atoms with E-state index in [-0.39, 0.29) is 17.7 Å². The molecule has 1 aliphatic rings. The Bertz CT molecular complexity index is 1030. The van der Waals surface area contributed by atoms with Crippen LogP contribution in [-0.2, 0) is 9.59 Å². The number of hydrogen-bond acceptors (Lipinski definition) is 4. The fourth-order valence-electron chi connectivity index (χ4n) is 3.92. The van der Waals surface area contributed by atoms with Crippen molar-refractivity contribution in [1.82, 2.24) is 14.8 Å². The fourth-order valence-corrected chi connectivity index (χ4v) is 3.92. The summed E-state index contributed by atoms with van der Waals surface area (Å²) in [5.41, 5.74) is 1.77. The number of carbonyl (C=O) groups excluding carboxylic acids is 2. The van der Waals surface area contributed by atoms with Gasteiger partial charge in [-0.05, 0) is 29.1 Å². The zero-order chi connectivity index (χ0) is 20.9. The zero-order valence-electron chi connectivity index (χ0n) is 17.1. The van der Waals surface area contributed by atoms with E-state index >= 15 is 0 Å². The number of anilines is 1. The summed E-state index contributed by atoms with van der Waals surface area (Å²) in [5, 5.41) is 5.18. The second-order valence-electron chi connectivity index (χ2n) is 7.70. The summed E-state index contributed by atoms with van der Waals surface area (Å²) in [4.78, 5) is 33.1. The van der Waals surface area contributed by atoms with E-state index in [1.165, 1.54) is 0 Å². The van der Waals surface area contributed by atoms with Gasteiger partial charge in [-0.1, -0.05) is 36.4 Å². The predicted octanol–water partition coefficient (Wildman–Crippen LogP) is 3.12. The van der Waals surface area contributed by atoms with E-state index in [4.69, 9.17) is 0 Å². The average molecular weight is 402 g/mol. The topological polar surface area (TPSA) is 65.5 Å². The SMILES string of the molecule is CC(=O)N1CCN(CC(C(=O)Nc2ccc3cnccc3c2)c2ccccc2)CC1. The molecule has 0 aliphatic carbocycles. The highest BCUT2D eigenvalue weighted by molar-refractivity contribution is 5.98. The summed E-state index contributed by atoms with van der Waals surface area (Å²) in [6, 6.07) is 17.7. The van der Waals surface area contributed by atoms with Crippen molar-refractivity contribution in [2.45, 2.75) is 12.8 Å². The van der Waals surface area contributed by atoms with Crippen molar-refractivity contribution in [3.05, 3.63) is 72.6 Å². The third kappa shape index (κ3) is 4.66. The highest BCUT2D eigenvalue weighted by Crippen LogP contribution is 2.23. The molecule has 6 heteroatoms. The number of rotatable bonds is 5. The summed E-state index contributed by atoms with van der Waals surface area (Å²) < 4.78 is 0. The van der Waals surface area contributed by atoms with Crippen molar-refractivity contribution in [3.63, 3.8) is 0 Å². The van der Waals surface area contributed by atoms with Crippen LogP contribution in [0.2, 0.25) is 0 Å². The van der Waals surface area contributed by atoms with Crippen LogP contribution >= 0.6 is 0 Å². The van der Waals surface area contributed by atoms with Crippen molar-refractivity contribution in [2.24, 2.45) is 0 Å². The number of fused-ring (bicyclic) bond motifs is 1. The largest absolute Gasteiger partial charge is 0.340 e. The first-order valence-electron chi connectivity index (χ1n) is 10.3. The van der Waals surface area contributed by atoms with Gasteiger partial charge >= 0.3 is 0 Å². The van der Waals surface area contributed by atoms with Crippen molar-refractivity contribution in [2.75, 3.05) is 38.0 Å². The Morgan fingerprint density at radius 1 is 1.00 bits per heavy atom. The minimum absolute atomic E-state index is 0.0244. The molecule has 2 amide bonds. The number of nitrogens with zero attached hydrogens (tertiary/aromatic N) is 3. The predicted molar refractivity (Wildman–Crippen MR) is 118 cm³/mol. The maximum atomic E-state index is 13.3. The molecular weight excluding hydrogens is 376 g/mol. The number of benzene rings is 2. The van der Waals surface area contributed by atoms with E-state index in [0.717, 1.165) is 35.1 Å². The van der Waals surface area contributed by atoms with Gasteiger partial charge in [0, 0.05) is 63.1 Å². The molecule has 4 rings (SSSR count). The first-order chi connectivity index (χ1) is 14.6. The highest BCUT2D eigenvalue weighted by atomic mass is 16.2. The van der Waals surface area contributed by atoms with Crippen molar-refractivity contribution in [3.8, 4) is 0 Å². The van der Waals surface area contributed by atoms with Gasteiger partial charge in [-0.15, -0.1) is 0 Å². The molecule has 2 aromatic carbocycles. The van der Waals surface area contributed by atoms with E-state index in [1.54, 1.807) is 13.1 Å². The van der Waals surface area contributed by atoms with Crippen molar-refractivity contribution < 1.29 is 9.59 Å². The number of carbonyl (C=O) groups is 2. The molecule has 154 valence electrons. The summed E-state index contributed by atoms with van der Waals surface area (Å²) in [6.45, 7) is 5.20. The Balaban J connectivity index is 1.50. The maximum absolute atomic E-state index is 13.3. The number of hydrogen-bond donors (Lipinski definition) is 1. The minimum Gasteiger partial charge on any atom is -0.340 e. The minimum atomic E-state index is -0.289. The molecule has 30 heavy (non-hydrogen) atoms. The number of nitrogens with one attached hydrogen (secondary N) is 1. The maximum Gasteiger partial charge on any atom is 0.233 e. The normalized spacial score (nSPS) is 15.7. The van der Waals surface area contributed by atoms with Crippen LogP contribution in [-0.4, -0.2) is 59.3 Å². The van der Waals surface area contributed by atoms with Gasteiger partial charge in [0.2, 0.25) is 11.8 Å². The molecule has 1 unspecified atom stereocenters. The number of pyridine rings is 1. The zero-order valence-corrected chi connectivity index (χ0v) is 17.1. The monoisotopic (exact) mass is 402 g/mol. The average Bonchev–Trinajstić information content (AvgIpc) is 2.78. The van der Waals surface area contributed by atoms with E-state index in [9.17, 15) is 9.59 Å². The van der Waals surface area contributed by atoms with Crippen LogP contribution in [0.5, 0.6) is 0 Å². The molecule has 6 nitrogen and oxygen atoms in total. The van der Waals surface area contributed by atoms with E-state index in [1.807, 2.05) is 65.7 Å².